The molecule has 1 atom stereocenters. The molecule has 3 aliphatic rings. The second-order valence-corrected chi connectivity index (χ2v) is 8.91. The van der Waals surface area contributed by atoms with E-state index < -0.39 is 0 Å². The number of rotatable bonds is 3. The summed E-state index contributed by atoms with van der Waals surface area (Å²) in [5, 5.41) is 4.44. The molecule has 0 aromatic carbocycles. The van der Waals surface area contributed by atoms with E-state index in [1.807, 2.05) is 0 Å². The van der Waals surface area contributed by atoms with Crippen molar-refractivity contribution in [3.8, 4) is 0 Å². The van der Waals surface area contributed by atoms with Gasteiger partial charge >= 0.3 is 0 Å². The van der Waals surface area contributed by atoms with E-state index in [2.05, 4.69) is 38.6 Å². The number of piperidine rings is 2. The summed E-state index contributed by atoms with van der Waals surface area (Å²) < 4.78 is 0. The van der Waals surface area contributed by atoms with Crippen LogP contribution in [0.5, 0.6) is 0 Å². The van der Waals surface area contributed by atoms with Gasteiger partial charge in [0, 0.05) is 32.1 Å². The van der Waals surface area contributed by atoms with E-state index >= 15 is 0 Å². The van der Waals surface area contributed by atoms with Crippen molar-refractivity contribution >= 4 is 17.2 Å². The number of hydrogen-bond acceptors (Lipinski definition) is 4. The van der Waals surface area contributed by atoms with Crippen molar-refractivity contribution in [1.82, 2.24) is 14.7 Å². The van der Waals surface area contributed by atoms with Crippen LogP contribution in [0.4, 0.5) is 0 Å². The van der Waals surface area contributed by atoms with E-state index in [0.29, 0.717) is 17.4 Å². The Morgan fingerprint density at radius 3 is 2.75 bits per heavy atom. The first-order valence-electron chi connectivity index (χ1n) is 9.35. The third-order valence-electron chi connectivity index (χ3n) is 6.41. The maximum absolute atomic E-state index is 12.5. The zero-order valence-electron chi connectivity index (χ0n) is 14.7. The van der Waals surface area contributed by atoms with Crippen molar-refractivity contribution in [1.29, 1.82) is 0 Å². The van der Waals surface area contributed by atoms with Crippen LogP contribution in [-0.2, 0) is 11.3 Å². The van der Waals surface area contributed by atoms with Gasteiger partial charge in [-0.15, -0.1) is 0 Å². The molecule has 0 bridgehead atoms. The zero-order valence-corrected chi connectivity index (χ0v) is 15.6. The third kappa shape index (κ3) is 3.39. The molecule has 5 heteroatoms. The predicted octanol–water partition coefficient (Wildman–Crippen LogP) is 2.66. The fraction of sp³-hybridized carbons (Fsp3) is 0.737. The fourth-order valence-corrected chi connectivity index (χ4v) is 5.44. The van der Waals surface area contributed by atoms with Crippen LogP contribution in [0, 0.1) is 5.41 Å². The number of likely N-dealkylation sites (N-methyl/N-ethyl adjacent to an activating group) is 1. The van der Waals surface area contributed by atoms with Gasteiger partial charge in [-0.1, -0.05) is 0 Å². The van der Waals surface area contributed by atoms with Gasteiger partial charge in [0.2, 0.25) is 5.91 Å². The average Bonchev–Trinajstić information content (AvgIpc) is 3.24. The van der Waals surface area contributed by atoms with Crippen LogP contribution in [0.2, 0.25) is 0 Å². The van der Waals surface area contributed by atoms with Crippen LogP contribution in [0.25, 0.3) is 0 Å². The van der Waals surface area contributed by atoms with Crippen molar-refractivity contribution in [2.24, 2.45) is 5.41 Å². The van der Waals surface area contributed by atoms with Crippen LogP contribution >= 0.6 is 11.3 Å². The second kappa shape index (κ2) is 6.77. The molecule has 0 N–H and O–H groups in total. The number of hydrogen-bond donors (Lipinski definition) is 0. The molecule has 0 unspecified atom stereocenters. The number of nitrogens with zero attached hydrogens (tertiary/aromatic N) is 3. The van der Waals surface area contributed by atoms with Gasteiger partial charge in [-0.2, -0.15) is 11.3 Å². The maximum Gasteiger partial charge on any atom is 0.222 e. The highest BCUT2D eigenvalue weighted by Gasteiger charge is 2.43. The van der Waals surface area contributed by atoms with Crippen molar-refractivity contribution < 1.29 is 4.79 Å². The molecule has 1 aromatic heterocycles. The number of amides is 1. The summed E-state index contributed by atoms with van der Waals surface area (Å²) in [6, 6.07) is 2.70. The Bertz CT molecular complexity index is 565. The van der Waals surface area contributed by atoms with Gasteiger partial charge in [-0.05, 0) is 80.2 Å². The molecular weight excluding hydrogens is 318 g/mol. The zero-order chi connectivity index (χ0) is 16.6. The van der Waals surface area contributed by atoms with E-state index in [4.69, 9.17) is 0 Å². The number of likely N-dealkylation sites (tertiary alicyclic amines) is 3. The van der Waals surface area contributed by atoms with Crippen molar-refractivity contribution in [3.63, 3.8) is 0 Å². The lowest BCUT2D eigenvalue weighted by atomic mass is 9.72. The highest BCUT2D eigenvalue weighted by atomic mass is 32.1. The van der Waals surface area contributed by atoms with Crippen molar-refractivity contribution in [3.05, 3.63) is 22.4 Å². The van der Waals surface area contributed by atoms with E-state index in [-0.39, 0.29) is 0 Å². The summed E-state index contributed by atoms with van der Waals surface area (Å²) in [6.45, 7) is 6.67. The highest BCUT2D eigenvalue weighted by Crippen LogP contribution is 2.41. The van der Waals surface area contributed by atoms with Crippen LogP contribution in [-0.4, -0.2) is 66.4 Å². The summed E-state index contributed by atoms with van der Waals surface area (Å²) in [7, 11) is 2.17. The number of carbonyl (C=O) groups excluding carboxylic acids is 1. The standard InChI is InChI=1S/C19H29N3OS/c1-20-8-3-17(13-20)22-15-19(5-2-18(22)23)6-9-21(10-7-19)12-16-4-11-24-14-16/h4,11,14,17H,2-3,5-10,12-13,15H2,1H3/t17-/m1/s1. The quantitative estimate of drug-likeness (QED) is 0.841. The Hall–Kier alpha value is -0.910. The molecule has 3 aliphatic heterocycles. The first-order valence-corrected chi connectivity index (χ1v) is 10.3. The normalized spacial score (nSPS) is 28.8. The minimum atomic E-state index is 0.389. The molecular formula is C19H29N3OS. The molecule has 3 fully saturated rings. The molecule has 1 aromatic rings. The SMILES string of the molecule is CN1CC[C@@H](N2CC3(CCC2=O)CCN(Cc2ccsc2)CC3)C1. The number of thiophene rings is 1. The predicted molar refractivity (Wildman–Crippen MR) is 98.1 cm³/mol. The summed E-state index contributed by atoms with van der Waals surface area (Å²) in [5.74, 6) is 0.404. The van der Waals surface area contributed by atoms with Gasteiger partial charge in [-0.25, -0.2) is 0 Å². The smallest absolute Gasteiger partial charge is 0.222 e. The van der Waals surface area contributed by atoms with Crippen LogP contribution in [0.3, 0.4) is 0 Å². The lowest BCUT2D eigenvalue weighted by Crippen LogP contribution is -2.54. The summed E-state index contributed by atoms with van der Waals surface area (Å²) >= 11 is 1.79. The molecule has 3 saturated heterocycles. The maximum atomic E-state index is 12.5. The molecule has 1 spiro atoms. The molecule has 24 heavy (non-hydrogen) atoms. The van der Waals surface area contributed by atoms with Gasteiger partial charge in [0.05, 0.1) is 0 Å². The second-order valence-electron chi connectivity index (χ2n) is 8.13. The van der Waals surface area contributed by atoms with Crippen LogP contribution in [0.1, 0.15) is 37.7 Å². The highest BCUT2D eigenvalue weighted by molar-refractivity contribution is 7.07. The molecule has 0 aliphatic carbocycles. The van der Waals surface area contributed by atoms with Gasteiger partial charge in [0.15, 0.2) is 0 Å². The Morgan fingerprint density at radius 2 is 2.08 bits per heavy atom. The molecule has 132 valence electrons. The first-order chi connectivity index (χ1) is 11.6. The van der Waals surface area contributed by atoms with Crippen LogP contribution < -0.4 is 0 Å². The first kappa shape index (κ1) is 16.6. The summed E-state index contributed by atoms with van der Waals surface area (Å²) in [6.07, 6.45) is 5.54. The van der Waals surface area contributed by atoms with Crippen molar-refractivity contribution in [2.75, 3.05) is 39.8 Å². The Labute approximate surface area is 149 Å². The minimum absolute atomic E-state index is 0.389. The molecule has 4 rings (SSSR count). The minimum Gasteiger partial charge on any atom is -0.338 e. The monoisotopic (exact) mass is 347 g/mol. The van der Waals surface area contributed by atoms with Crippen LogP contribution in [0.15, 0.2) is 16.8 Å². The Balaban J connectivity index is 1.36. The number of carbonyl (C=O) groups is 1. The lowest BCUT2D eigenvalue weighted by molar-refractivity contribution is -0.142. The Kier molecular flexibility index (Phi) is 4.67. The molecule has 4 heterocycles. The molecule has 0 radical (unpaired) electrons. The van der Waals surface area contributed by atoms with Gasteiger partial charge in [0.25, 0.3) is 0 Å². The van der Waals surface area contributed by atoms with E-state index in [1.54, 1.807) is 11.3 Å². The lowest BCUT2D eigenvalue weighted by Gasteiger charge is -2.49. The van der Waals surface area contributed by atoms with E-state index in [9.17, 15) is 4.79 Å². The average molecular weight is 348 g/mol. The fourth-order valence-electron chi connectivity index (χ4n) is 4.78. The third-order valence-corrected chi connectivity index (χ3v) is 7.14. The molecule has 1 amide bonds. The summed E-state index contributed by atoms with van der Waals surface area (Å²) in [4.78, 5) is 19.7. The van der Waals surface area contributed by atoms with E-state index in [0.717, 1.165) is 45.4 Å². The van der Waals surface area contributed by atoms with E-state index in [1.165, 1.54) is 31.5 Å². The summed E-state index contributed by atoms with van der Waals surface area (Å²) in [5.41, 5.74) is 1.84. The van der Waals surface area contributed by atoms with Gasteiger partial charge in [0.1, 0.15) is 0 Å². The Morgan fingerprint density at radius 1 is 1.25 bits per heavy atom. The molecule has 4 nitrogen and oxygen atoms in total. The topological polar surface area (TPSA) is 26.8 Å². The van der Waals surface area contributed by atoms with Crippen molar-refractivity contribution in [2.45, 2.75) is 44.7 Å². The molecule has 0 saturated carbocycles. The largest absolute Gasteiger partial charge is 0.338 e. The van der Waals surface area contributed by atoms with Gasteiger partial charge < -0.3 is 9.80 Å². The van der Waals surface area contributed by atoms with Gasteiger partial charge in [-0.3, -0.25) is 9.69 Å².